The second-order valence-corrected chi connectivity index (χ2v) is 3.01. The molecule has 1 aromatic rings. The zero-order chi connectivity index (χ0) is 8.39. The summed E-state index contributed by atoms with van der Waals surface area (Å²) in [6.45, 7) is 2.15. The maximum absolute atomic E-state index is 5.48. The summed E-state index contributed by atoms with van der Waals surface area (Å²) in [5.41, 5.74) is 6.10. The first-order chi connectivity index (χ1) is 5.86. The molecule has 12 heavy (non-hydrogen) atoms. The van der Waals surface area contributed by atoms with Crippen molar-refractivity contribution in [2.75, 3.05) is 23.7 Å². The predicted molar refractivity (Wildman–Crippen MR) is 47.9 cm³/mol. The molecule has 0 radical (unpaired) electrons. The highest BCUT2D eigenvalue weighted by atomic mass is 15.3. The first-order valence-electron chi connectivity index (χ1n) is 4.19. The van der Waals surface area contributed by atoms with E-state index in [0.29, 0.717) is 5.69 Å². The molecule has 1 aliphatic heterocycles. The highest BCUT2D eigenvalue weighted by Crippen LogP contribution is 2.14. The third-order valence-electron chi connectivity index (χ3n) is 2.05. The Kier molecular flexibility index (Phi) is 1.81. The average molecular weight is 164 g/mol. The zero-order valence-corrected chi connectivity index (χ0v) is 6.90. The maximum Gasteiger partial charge on any atom is 0.225 e. The Hall–Kier alpha value is -1.32. The van der Waals surface area contributed by atoms with Gasteiger partial charge < -0.3 is 10.6 Å². The number of hydrogen-bond donors (Lipinski definition) is 1. The van der Waals surface area contributed by atoms with Crippen molar-refractivity contribution in [1.29, 1.82) is 0 Å². The van der Waals surface area contributed by atoms with Gasteiger partial charge in [-0.1, -0.05) is 0 Å². The molecule has 0 amide bonds. The van der Waals surface area contributed by atoms with E-state index in [1.54, 1.807) is 12.4 Å². The van der Waals surface area contributed by atoms with E-state index in [-0.39, 0.29) is 0 Å². The number of nitrogens with zero attached hydrogens (tertiary/aromatic N) is 3. The van der Waals surface area contributed by atoms with Gasteiger partial charge in [0, 0.05) is 13.1 Å². The Morgan fingerprint density at radius 2 is 1.75 bits per heavy atom. The van der Waals surface area contributed by atoms with E-state index in [2.05, 4.69) is 14.9 Å². The Bertz CT molecular complexity index is 250. The van der Waals surface area contributed by atoms with Gasteiger partial charge in [0.25, 0.3) is 0 Å². The minimum Gasteiger partial charge on any atom is -0.396 e. The molecule has 2 N–H and O–H groups in total. The lowest BCUT2D eigenvalue weighted by Gasteiger charge is -2.13. The number of nitrogens with two attached hydrogens (primary N) is 1. The van der Waals surface area contributed by atoms with Crippen molar-refractivity contribution in [3.8, 4) is 0 Å². The molecule has 0 aliphatic carbocycles. The van der Waals surface area contributed by atoms with Gasteiger partial charge in [-0.2, -0.15) is 0 Å². The Morgan fingerprint density at radius 1 is 1.17 bits per heavy atom. The lowest BCUT2D eigenvalue weighted by atomic mass is 10.4. The van der Waals surface area contributed by atoms with Gasteiger partial charge >= 0.3 is 0 Å². The van der Waals surface area contributed by atoms with E-state index in [4.69, 9.17) is 5.73 Å². The van der Waals surface area contributed by atoms with Crippen LogP contribution in [-0.2, 0) is 0 Å². The van der Waals surface area contributed by atoms with Gasteiger partial charge in [0.2, 0.25) is 5.95 Å². The van der Waals surface area contributed by atoms with Crippen LogP contribution in [0.1, 0.15) is 12.8 Å². The van der Waals surface area contributed by atoms with Crippen LogP contribution in [-0.4, -0.2) is 23.1 Å². The van der Waals surface area contributed by atoms with Crippen molar-refractivity contribution in [2.24, 2.45) is 0 Å². The SMILES string of the molecule is Nc1cnc(N2CCCC2)nc1. The molecule has 1 fully saturated rings. The molecule has 2 heterocycles. The topological polar surface area (TPSA) is 55.0 Å². The fourth-order valence-corrected chi connectivity index (χ4v) is 1.41. The minimum absolute atomic E-state index is 0.623. The molecule has 1 aromatic heterocycles. The van der Waals surface area contributed by atoms with Crippen LogP contribution < -0.4 is 10.6 Å². The van der Waals surface area contributed by atoms with E-state index >= 15 is 0 Å². The summed E-state index contributed by atoms with van der Waals surface area (Å²) in [4.78, 5) is 10.5. The number of hydrogen-bond acceptors (Lipinski definition) is 4. The fourth-order valence-electron chi connectivity index (χ4n) is 1.41. The van der Waals surface area contributed by atoms with E-state index in [9.17, 15) is 0 Å². The monoisotopic (exact) mass is 164 g/mol. The van der Waals surface area contributed by atoms with E-state index in [1.807, 2.05) is 0 Å². The Morgan fingerprint density at radius 3 is 2.33 bits per heavy atom. The number of nitrogen functional groups attached to an aromatic ring is 1. The molecule has 0 spiro atoms. The number of aromatic nitrogens is 2. The van der Waals surface area contributed by atoms with Crippen LogP contribution in [0.25, 0.3) is 0 Å². The normalized spacial score (nSPS) is 16.8. The summed E-state index contributed by atoms with van der Waals surface area (Å²) < 4.78 is 0. The molecule has 64 valence electrons. The van der Waals surface area contributed by atoms with Crippen molar-refractivity contribution >= 4 is 11.6 Å². The fraction of sp³-hybridized carbons (Fsp3) is 0.500. The van der Waals surface area contributed by atoms with Crippen molar-refractivity contribution in [1.82, 2.24) is 9.97 Å². The largest absolute Gasteiger partial charge is 0.396 e. The quantitative estimate of drug-likeness (QED) is 0.662. The summed E-state index contributed by atoms with van der Waals surface area (Å²) in [5, 5.41) is 0. The molecule has 0 atom stereocenters. The molecule has 1 saturated heterocycles. The first-order valence-corrected chi connectivity index (χ1v) is 4.19. The molecular formula is C8H12N4. The Balaban J connectivity index is 2.17. The van der Waals surface area contributed by atoms with Gasteiger partial charge in [-0.25, -0.2) is 9.97 Å². The summed E-state index contributed by atoms with van der Waals surface area (Å²) in [5.74, 6) is 0.807. The van der Waals surface area contributed by atoms with Crippen molar-refractivity contribution < 1.29 is 0 Å². The van der Waals surface area contributed by atoms with Crippen molar-refractivity contribution in [3.05, 3.63) is 12.4 Å². The van der Waals surface area contributed by atoms with Crippen molar-refractivity contribution in [2.45, 2.75) is 12.8 Å². The molecule has 0 unspecified atom stereocenters. The summed E-state index contributed by atoms with van der Waals surface area (Å²) in [6.07, 6.45) is 5.79. The minimum atomic E-state index is 0.623. The lowest BCUT2D eigenvalue weighted by Crippen LogP contribution is -2.20. The van der Waals surface area contributed by atoms with Gasteiger partial charge in [0.05, 0.1) is 18.1 Å². The van der Waals surface area contributed by atoms with Crippen LogP contribution in [0.2, 0.25) is 0 Å². The second kappa shape index (κ2) is 2.97. The molecular weight excluding hydrogens is 152 g/mol. The van der Waals surface area contributed by atoms with E-state index in [1.165, 1.54) is 12.8 Å². The number of rotatable bonds is 1. The summed E-state index contributed by atoms with van der Waals surface area (Å²) in [7, 11) is 0. The average Bonchev–Trinajstić information content (AvgIpc) is 2.58. The van der Waals surface area contributed by atoms with Crippen LogP contribution in [0.3, 0.4) is 0 Å². The molecule has 2 rings (SSSR count). The zero-order valence-electron chi connectivity index (χ0n) is 6.90. The van der Waals surface area contributed by atoms with Gasteiger partial charge in [-0.3, -0.25) is 0 Å². The van der Waals surface area contributed by atoms with Gasteiger partial charge in [-0.05, 0) is 12.8 Å². The maximum atomic E-state index is 5.48. The van der Waals surface area contributed by atoms with E-state index < -0.39 is 0 Å². The summed E-state index contributed by atoms with van der Waals surface area (Å²) in [6, 6.07) is 0. The van der Waals surface area contributed by atoms with Crippen LogP contribution in [0.15, 0.2) is 12.4 Å². The smallest absolute Gasteiger partial charge is 0.225 e. The second-order valence-electron chi connectivity index (χ2n) is 3.01. The molecule has 0 aromatic carbocycles. The molecule has 4 nitrogen and oxygen atoms in total. The molecule has 0 bridgehead atoms. The standard InChI is InChI=1S/C8H12N4/c9-7-5-10-8(11-6-7)12-3-1-2-4-12/h5-6H,1-4,9H2. The molecule has 0 saturated carbocycles. The first kappa shape index (κ1) is 7.34. The van der Waals surface area contributed by atoms with Crippen LogP contribution in [0, 0.1) is 0 Å². The van der Waals surface area contributed by atoms with Gasteiger partial charge in [0.1, 0.15) is 0 Å². The van der Waals surface area contributed by atoms with Gasteiger partial charge in [0.15, 0.2) is 0 Å². The third-order valence-corrected chi connectivity index (χ3v) is 2.05. The number of anilines is 2. The lowest BCUT2D eigenvalue weighted by molar-refractivity contribution is 0.899. The van der Waals surface area contributed by atoms with Crippen molar-refractivity contribution in [3.63, 3.8) is 0 Å². The predicted octanol–water partition coefficient (Wildman–Crippen LogP) is 0.659. The Labute approximate surface area is 71.4 Å². The van der Waals surface area contributed by atoms with Crippen LogP contribution >= 0.6 is 0 Å². The van der Waals surface area contributed by atoms with Gasteiger partial charge in [-0.15, -0.1) is 0 Å². The highest BCUT2D eigenvalue weighted by Gasteiger charge is 2.13. The summed E-state index contributed by atoms with van der Waals surface area (Å²) >= 11 is 0. The van der Waals surface area contributed by atoms with Crippen LogP contribution in [0.5, 0.6) is 0 Å². The molecule has 1 aliphatic rings. The van der Waals surface area contributed by atoms with E-state index in [0.717, 1.165) is 19.0 Å². The molecule has 4 heteroatoms. The third kappa shape index (κ3) is 1.32. The van der Waals surface area contributed by atoms with Crippen LogP contribution in [0.4, 0.5) is 11.6 Å². The highest BCUT2D eigenvalue weighted by molar-refractivity contribution is 5.38.